The second kappa shape index (κ2) is 5.27. The molecular weight excluding hydrogens is 272 g/mol. The fourth-order valence-corrected chi connectivity index (χ4v) is 2.61. The fourth-order valence-electron chi connectivity index (χ4n) is 2.61. The first-order valence-corrected chi connectivity index (χ1v) is 7.05. The number of carbonyl (C=O) groups is 2. The van der Waals surface area contributed by atoms with Gasteiger partial charge in [0.05, 0.1) is 0 Å². The maximum absolute atomic E-state index is 12.5. The Morgan fingerprint density at radius 3 is 2.81 bits per heavy atom. The molecule has 6 heteroatoms. The fraction of sp³-hybridized carbons (Fsp3) is 0.467. The Hall–Kier alpha value is -2.24. The van der Waals surface area contributed by atoms with Crippen LogP contribution in [0.4, 0.5) is 5.69 Å². The lowest BCUT2D eigenvalue weighted by molar-refractivity contribution is -0.131. The number of anilines is 1. The van der Waals surface area contributed by atoms with Gasteiger partial charge in [0.2, 0.25) is 18.6 Å². The van der Waals surface area contributed by atoms with E-state index in [2.05, 4.69) is 5.32 Å². The molecule has 1 atom stereocenters. The van der Waals surface area contributed by atoms with Crippen LogP contribution in [0.1, 0.15) is 20.3 Å². The van der Waals surface area contributed by atoms with Gasteiger partial charge in [-0.25, -0.2) is 0 Å². The Bertz CT molecular complexity index is 585. The zero-order valence-electron chi connectivity index (χ0n) is 12.1. The van der Waals surface area contributed by atoms with Crippen molar-refractivity contribution >= 4 is 17.5 Å². The van der Waals surface area contributed by atoms with Crippen molar-refractivity contribution in [1.82, 2.24) is 5.32 Å². The summed E-state index contributed by atoms with van der Waals surface area (Å²) in [7, 11) is 0. The molecule has 2 amide bonds. The van der Waals surface area contributed by atoms with Crippen LogP contribution < -0.4 is 19.7 Å². The van der Waals surface area contributed by atoms with Crippen LogP contribution in [0.5, 0.6) is 11.5 Å². The Morgan fingerprint density at radius 2 is 2.05 bits per heavy atom. The van der Waals surface area contributed by atoms with Crippen molar-refractivity contribution in [3.05, 3.63) is 18.2 Å². The first-order chi connectivity index (χ1) is 10.0. The number of amides is 2. The molecule has 112 valence electrons. The molecule has 0 spiro atoms. The molecule has 1 fully saturated rings. The standard InChI is InChI=1S/C15H18N2O4/c1-9(2)5-11-15(19)17(7-14(18)16-11)10-3-4-12-13(6-10)21-8-20-12/h3-4,6,9,11H,5,7-8H2,1-2H3,(H,16,18). The van der Waals surface area contributed by atoms with Crippen LogP contribution in [0.15, 0.2) is 18.2 Å². The predicted octanol–water partition coefficient (Wildman–Crippen LogP) is 1.29. The van der Waals surface area contributed by atoms with Crippen LogP contribution in [-0.4, -0.2) is 31.2 Å². The average molecular weight is 290 g/mol. The van der Waals surface area contributed by atoms with E-state index in [0.717, 1.165) is 0 Å². The maximum atomic E-state index is 12.5. The number of hydrogen-bond donors (Lipinski definition) is 1. The van der Waals surface area contributed by atoms with Crippen molar-refractivity contribution in [2.45, 2.75) is 26.3 Å². The van der Waals surface area contributed by atoms with E-state index in [0.29, 0.717) is 29.5 Å². The van der Waals surface area contributed by atoms with Crippen LogP contribution in [0, 0.1) is 5.92 Å². The van der Waals surface area contributed by atoms with E-state index in [4.69, 9.17) is 9.47 Å². The van der Waals surface area contributed by atoms with E-state index in [1.807, 2.05) is 13.8 Å². The van der Waals surface area contributed by atoms with Gasteiger partial charge in [0.25, 0.3) is 0 Å². The molecule has 2 aliphatic heterocycles. The SMILES string of the molecule is CC(C)CC1NC(=O)CN(c2ccc3c(c2)OCO3)C1=O. The van der Waals surface area contributed by atoms with Gasteiger partial charge in [-0.2, -0.15) is 0 Å². The van der Waals surface area contributed by atoms with E-state index >= 15 is 0 Å². The van der Waals surface area contributed by atoms with Gasteiger partial charge in [0.1, 0.15) is 12.6 Å². The third-order valence-electron chi connectivity index (χ3n) is 3.58. The minimum Gasteiger partial charge on any atom is -0.454 e. The molecule has 0 aliphatic carbocycles. The second-order valence-corrected chi connectivity index (χ2v) is 5.71. The number of hydrogen-bond acceptors (Lipinski definition) is 4. The van der Waals surface area contributed by atoms with E-state index in [9.17, 15) is 9.59 Å². The molecule has 6 nitrogen and oxygen atoms in total. The predicted molar refractivity (Wildman–Crippen MR) is 76.3 cm³/mol. The van der Waals surface area contributed by atoms with Crippen molar-refractivity contribution in [2.24, 2.45) is 5.92 Å². The number of ether oxygens (including phenoxy) is 2. The Labute approximate surface area is 123 Å². The van der Waals surface area contributed by atoms with Gasteiger partial charge in [0.15, 0.2) is 11.5 Å². The lowest BCUT2D eigenvalue weighted by atomic mass is 10.0. The van der Waals surface area contributed by atoms with Crippen LogP contribution in [0.2, 0.25) is 0 Å². The molecule has 1 N–H and O–H groups in total. The highest BCUT2D eigenvalue weighted by molar-refractivity contribution is 6.06. The molecule has 0 aromatic heterocycles. The second-order valence-electron chi connectivity index (χ2n) is 5.71. The third kappa shape index (κ3) is 2.66. The zero-order chi connectivity index (χ0) is 15.0. The van der Waals surface area contributed by atoms with Crippen molar-refractivity contribution in [1.29, 1.82) is 0 Å². The Kier molecular flexibility index (Phi) is 3.45. The minimum atomic E-state index is -0.461. The first-order valence-electron chi connectivity index (χ1n) is 7.05. The van der Waals surface area contributed by atoms with E-state index in [1.165, 1.54) is 4.90 Å². The number of piperazine rings is 1. The minimum absolute atomic E-state index is 0.0348. The molecule has 0 saturated carbocycles. The normalized spacial score (nSPS) is 20.9. The molecule has 1 aromatic carbocycles. The maximum Gasteiger partial charge on any atom is 0.250 e. The first kappa shape index (κ1) is 13.7. The number of benzene rings is 1. The summed E-state index contributed by atoms with van der Waals surface area (Å²) in [4.78, 5) is 25.9. The van der Waals surface area contributed by atoms with E-state index in [1.54, 1.807) is 18.2 Å². The lowest BCUT2D eigenvalue weighted by Crippen LogP contribution is -2.58. The monoisotopic (exact) mass is 290 g/mol. The van der Waals surface area contributed by atoms with Crippen LogP contribution in [0.25, 0.3) is 0 Å². The summed E-state index contributed by atoms with van der Waals surface area (Å²) < 4.78 is 10.6. The van der Waals surface area contributed by atoms with Gasteiger partial charge in [-0.1, -0.05) is 13.8 Å². The van der Waals surface area contributed by atoms with Gasteiger partial charge < -0.3 is 19.7 Å². The highest BCUT2D eigenvalue weighted by Gasteiger charge is 2.34. The summed E-state index contributed by atoms with van der Waals surface area (Å²) in [5, 5.41) is 2.76. The van der Waals surface area contributed by atoms with Crippen molar-refractivity contribution in [2.75, 3.05) is 18.2 Å². The smallest absolute Gasteiger partial charge is 0.250 e. The van der Waals surface area contributed by atoms with Gasteiger partial charge in [-0.15, -0.1) is 0 Å². The van der Waals surface area contributed by atoms with E-state index < -0.39 is 6.04 Å². The number of carbonyl (C=O) groups excluding carboxylic acids is 2. The Balaban J connectivity index is 1.86. The van der Waals surface area contributed by atoms with Crippen LogP contribution in [-0.2, 0) is 9.59 Å². The molecule has 1 saturated heterocycles. The van der Waals surface area contributed by atoms with Crippen molar-refractivity contribution < 1.29 is 19.1 Å². The van der Waals surface area contributed by atoms with Crippen LogP contribution in [0.3, 0.4) is 0 Å². The topological polar surface area (TPSA) is 67.9 Å². The molecule has 3 rings (SSSR count). The van der Waals surface area contributed by atoms with Gasteiger partial charge >= 0.3 is 0 Å². The molecule has 1 aromatic rings. The molecule has 21 heavy (non-hydrogen) atoms. The highest BCUT2D eigenvalue weighted by atomic mass is 16.7. The third-order valence-corrected chi connectivity index (χ3v) is 3.58. The molecule has 0 bridgehead atoms. The lowest BCUT2D eigenvalue weighted by Gasteiger charge is -2.33. The Morgan fingerprint density at radius 1 is 1.29 bits per heavy atom. The van der Waals surface area contributed by atoms with E-state index in [-0.39, 0.29) is 25.2 Å². The number of fused-ring (bicyclic) bond motifs is 1. The number of rotatable bonds is 3. The molecular formula is C15H18N2O4. The van der Waals surface area contributed by atoms with Crippen LogP contribution >= 0.6 is 0 Å². The van der Waals surface area contributed by atoms with Crippen molar-refractivity contribution in [3.8, 4) is 11.5 Å². The summed E-state index contributed by atoms with van der Waals surface area (Å²) in [5.74, 6) is 1.37. The van der Waals surface area contributed by atoms with Gasteiger partial charge in [-0.3, -0.25) is 9.59 Å². The quantitative estimate of drug-likeness (QED) is 0.911. The summed E-state index contributed by atoms with van der Waals surface area (Å²) in [6.07, 6.45) is 0.631. The summed E-state index contributed by atoms with van der Waals surface area (Å²) >= 11 is 0. The van der Waals surface area contributed by atoms with Gasteiger partial charge in [0, 0.05) is 11.8 Å². The largest absolute Gasteiger partial charge is 0.454 e. The molecule has 2 heterocycles. The number of nitrogens with zero attached hydrogens (tertiary/aromatic N) is 1. The summed E-state index contributed by atoms with van der Waals surface area (Å²) in [6.45, 7) is 4.27. The van der Waals surface area contributed by atoms with Crippen molar-refractivity contribution in [3.63, 3.8) is 0 Å². The zero-order valence-corrected chi connectivity index (χ0v) is 12.1. The van der Waals surface area contributed by atoms with Gasteiger partial charge in [-0.05, 0) is 24.5 Å². The average Bonchev–Trinajstić information content (AvgIpc) is 2.89. The number of nitrogens with one attached hydrogen (secondary N) is 1. The summed E-state index contributed by atoms with van der Waals surface area (Å²) in [5.41, 5.74) is 0.660. The molecule has 1 unspecified atom stereocenters. The molecule has 0 radical (unpaired) electrons. The highest BCUT2D eigenvalue weighted by Crippen LogP contribution is 2.36. The molecule has 2 aliphatic rings. The summed E-state index contributed by atoms with van der Waals surface area (Å²) in [6, 6.07) is 4.81.